The van der Waals surface area contributed by atoms with Crippen LogP contribution >= 0.6 is 0 Å². The molecule has 0 bridgehead atoms. The molecule has 19 heavy (non-hydrogen) atoms. The Labute approximate surface area is 115 Å². The van der Waals surface area contributed by atoms with E-state index >= 15 is 0 Å². The molecule has 108 valence electrons. The van der Waals surface area contributed by atoms with E-state index in [2.05, 4.69) is 0 Å². The van der Waals surface area contributed by atoms with Crippen molar-refractivity contribution >= 4 is 0 Å². The molecule has 1 rings (SSSR count). The Hall–Kier alpha value is -0.940. The maximum Gasteiger partial charge on any atom is 0.0739 e. The maximum atomic E-state index is 6.15. The highest BCUT2D eigenvalue weighted by molar-refractivity contribution is 5.19. The molecule has 0 saturated carbocycles. The Balaban J connectivity index is 2.12. The lowest BCUT2D eigenvalue weighted by Crippen LogP contribution is -2.26. The van der Waals surface area contributed by atoms with Gasteiger partial charge in [0, 0.05) is 20.3 Å². The first-order valence-electron chi connectivity index (χ1n) is 6.74. The highest BCUT2D eigenvalue weighted by Gasteiger charge is 2.14. The summed E-state index contributed by atoms with van der Waals surface area (Å²) >= 11 is 0. The third kappa shape index (κ3) is 6.68. The molecular weight excluding hydrogens is 242 g/mol. The van der Waals surface area contributed by atoms with Gasteiger partial charge < -0.3 is 19.9 Å². The van der Waals surface area contributed by atoms with E-state index in [0.717, 1.165) is 12.0 Å². The van der Waals surface area contributed by atoms with E-state index in [-0.39, 0.29) is 12.1 Å². The SMILES string of the molecule is COCCOCCCOC(C)C(N)c1ccccc1. The lowest BCUT2D eigenvalue weighted by Gasteiger charge is -2.20. The van der Waals surface area contributed by atoms with Crippen molar-refractivity contribution < 1.29 is 14.2 Å². The predicted molar refractivity (Wildman–Crippen MR) is 76.1 cm³/mol. The number of benzene rings is 1. The summed E-state index contributed by atoms with van der Waals surface area (Å²) in [7, 11) is 1.67. The molecule has 0 spiro atoms. The van der Waals surface area contributed by atoms with Gasteiger partial charge in [-0.3, -0.25) is 0 Å². The van der Waals surface area contributed by atoms with Crippen molar-refractivity contribution in [2.45, 2.75) is 25.5 Å². The number of methoxy groups -OCH3 is 1. The molecule has 4 heteroatoms. The zero-order chi connectivity index (χ0) is 13.9. The van der Waals surface area contributed by atoms with E-state index in [1.165, 1.54) is 0 Å². The van der Waals surface area contributed by atoms with Crippen LogP contribution in [0.5, 0.6) is 0 Å². The zero-order valence-electron chi connectivity index (χ0n) is 11.9. The molecule has 0 amide bonds. The summed E-state index contributed by atoms with van der Waals surface area (Å²) in [6.45, 7) is 4.63. The molecule has 0 heterocycles. The normalized spacial score (nSPS) is 14.3. The van der Waals surface area contributed by atoms with Crippen molar-refractivity contribution in [2.75, 3.05) is 33.5 Å². The summed E-state index contributed by atoms with van der Waals surface area (Å²) < 4.78 is 16.0. The van der Waals surface area contributed by atoms with Gasteiger partial charge in [0.2, 0.25) is 0 Å². The molecular formula is C15H25NO3. The molecule has 2 atom stereocenters. The summed E-state index contributed by atoms with van der Waals surface area (Å²) in [5.41, 5.74) is 7.25. The van der Waals surface area contributed by atoms with Gasteiger partial charge in [-0.1, -0.05) is 30.3 Å². The monoisotopic (exact) mass is 267 g/mol. The van der Waals surface area contributed by atoms with Gasteiger partial charge in [0.15, 0.2) is 0 Å². The molecule has 0 radical (unpaired) electrons. The second-order valence-corrected chi connectivity index (χ2v) is 4.47. The molecule has 0 aromatic heterocycles. The first kappa shape index (κ1) is 16.1. The third-order valence-corrected chi connectivity index (χ3v) is 2.94. The van der Waals surface area contributed by atoms with Gasteiger partial charge in [0.25, 0.3) is 0 Å². The molecule has 0 fully saturated rings. The van der Waals surface area contributed by atoms with Crippen LogP contribution in [0.25, 0.3) is 0 Å². The molecule has 2 unspecified atom stereocenters. The predicted octanol–water partition coefficient (Wildman–Crippen LogP) is 2.14. The van der Waals surface area contributed by atoms with Crippen molar-refractivity contribution in [2.24, 2.45) is 5.73 Å². The molecule has 2 N–H and O–H groups in total. The molecule has 0 saturated heterocycles. The van der Waals surface area contributed by atoms with Crippen molar-refractivity contribution in [3.05, 3.63) is 35.9 Å². The summed E-state index contributed by atoms with van der Waals surface area (Å²) in [6, 6.07) is 9.93. The quantitative estimate of drug-likeness (QED) is 0.660. The van der Waals surface area contributed by atoms with Crippen LogP contribution in [0.3, 0.4) is 0 Å². The van der Waals surface area contributed by atoms with Crippen molar-refractivity contribution in [3.63, 3.8) is 0 Å². The van der Waals surface area contributed by atoms with Crippen molar-refractivity contribution in [1.82, 2.24) is 0 Å². The minimum atomic E-state index is -0.0874. The molecule has 0 aliphatic carbocycles. The Morgan fingerprint density at radius 3 is 2.47 bits per heavy atom. The molecule has 0 aliphatic rings. The standard InChI is InChI=1S/C15H25NO3/c1-13(15(16)14-7-4-3-5-8-14)19-10-6-9-18-12-11-17-2/h3-5,7-8,13,15H,6,9-12,16H2,1-2H3. The van der Waals surface area contributed by atoms with Gasteiger partial charge >= 0.3 is 0 Å². The fraction of sp³-hybridized carbons (Fsp3) is 0.600. The van der Waals surface area contributed by atoms with E-state index < -0.39 is 0 Å². The number of rotatable bonds is 10. The van der Waals surface area contributed by atoms with Crippen LogP contribution in [0.1, 0.15) is 24.9 Å². The average molecular weight is 267 g/mol. The number of hydrogen-bond acceptors (Lipinski definition) is 4. The van der Waals surface area contributed by atoms with Gasteiger partial charge in [-0.05, 0) is 18.9 Å². The van der Waals surface area contributed by atoms with E-state index in [1.54, 1.807) is 7.11 Å². The zero-order valence-corrected chi connectivity index (χ0v) is 11.9. The largest absolute Gasteiger partial charge is 0.382 e. The lowest BCUT2D eigenvalue weighted by atomic mass is 10.0. The van der Waals surface area contributed by atoms with Crippen molar-refractivity contribution in [1.29, 1.82) is 0 Å². The summed E-state index contributed by atoms with van der Waals surface area (Å²) in [5, 5.41) is 0. The smallest absolute Gasteiger partial charge is 0.0739 e. The summed E-state index contributed by atoms with van der Waals surface area (Å²) in [4.78, 5) is 0. The fourth-order valence-electron chi connectivity index (χ4n) is 1.72. The van der Waals surface area contributed by atoms with Gasteiger partial charge in [-0.15, -0.1) is 0 Å². The van der Waals surface area contributed by atoms with E-state index in [4.69, 9.17) is 19.9 Å². The van der Waals surface area contributed by atoms with E-state index in [9.17, 15) is 0 Å². The second kappa shape index (κ2) is 9.92. The summed E-state index contributed by atoms with van der Waals surface area (Å²) in [5.74, 6) is 0. The van der Waals surface area contributed by atoms with Crippen LogP contribution in [0.4, 0.5) is 0 Å². The Morgan fingerprint density at radius 1 is 1.05 bits per heavy atom. The molecule has 4 nitrogen and oxygen atoms in total. The van der Waals surface area contributed by atoms with Crippen LogP contribution in [0.15, 0.2) is 30.3 Å². The minimum Gasteiger partial charge on any atom is -0.382 e. The third-order valence-electron chi connectivity index (χ3n) is 2.94. The second-order valence-electron chi connectivity index (χ2n) is 4.47. The molecule has 1 aromatic carbocycles. The topological polar surface area (TPSA) is 53.7 Å². The van der Waals surface area contributed by atoms with Crippen LogP contribution in [-0.4, -0.2) is 39.6 Å². The van der Waals surface area contributed by atoms with E-state index in [1.807, 2.05) is 37.3 Å². The number of hydrogen-bond donors (Lipinski definition) is 1. The lowest BCUT2D eigenvalue weighted by molar-refractivity contribution is 0.0208. The van der Waals surface area contributed by atoms with Crippen LogP contribution in [-0.2, 0) is 14.2 Å². The highest BCUT2D eigenvalue weighted by Crippen LogP contribution is 2.15. The minimum absolute atomic E-state index is 0.00127. The van der Waals surface area contributed by atoms with Crippen LogP contribution in [0.2, 0.25) is 0 Å². The Kier molecular flexibility index (Phi) is 8.41. The highest BCUT2D eigenvalue weighted by atomic mass is 16.5. The van der Waals surface area contributed by atoms with Gasteiger partial charge in [-0.2, -0.15) is 0 Å². The maximum absolute atomic E-state index is 6.15. The van der Waals surface area contributed by atoms with E-state index in [0.29, 0.717) is 26.4 Å². The average Bonchev–Trinajstić information content (AvgIpc) is 2.46. The Bertz CT molecular complexity index is 318. The number of nitrogens with two attached hydrogens (primary N) is 1. The van der Waals surface area contributed by atoms with Gasteiger partial charge in [0.05, 0.1) is 25.4 Å². The number of ether oxygens (including phenoxy) is 3. The first-order chi connectivity index (χ1) is 9.25. The van der Waals surface area contributed by atoms with Crippen molar-refractivity contribution in [3.8, 4) is 0 Å². The van der Waals surface area contributed by atoms with Gasteiger partial charge in [-0.25, -0.2) is 0 Å². The Morgan fingerprint density at radius 2 is 1.79 bits per heavy atom. The van der Waals surface area contributed by atoms with Crippen LogP contribution in [0, 0.1) is 0 Å². The van der Waals surface area contributed by atoms with Crippen LogP contribution < -0.4 is 5.73 Å². The fourth-order valence-corrected chi connectivity index (χ4v) is 1.72. The summed E-state index contributed by atoms with van der Waals surface area (Å²) in [6.07, 6.45) is 0.872. The molecule has 1 aromatic rings. The first-order valence-corrected chi connectivity index (χ1v) is 6.74. The molecule has 0 aliphatic heterocycles. The van der Waals surface area contributed by atoms with Gasteiger partial charge in [0.1, 0.15) is 0 Å².